The van der Waals surface area contributed by atoms with Gasteiger partial charge in [0.25, 0.3) is 0 Å². The predicted molar refractivity (Wildman–Crippen MR) is 132 cm³/mol. The first-order chi connectivity index (χ1) is 16.7. The monoisotopic (exact) mass is 465 g/mol. The largest absolute Gasteiger partial charge is 0.492 e. The molecular formula is C28H36FN3O2. The number of fused-ring (bicyclic) bond motifs is 1. The third-order valence-electron chi connectivity index (χ3n) is 7.92. The number of halogens is 1. The van der Waals surface area contributed by atoms with Crippen molar-refractivity contribution in [2.45, 2.75) is 50.6 Å². The van der Waals surface area contributed by atoms with Crippen molar-refractivity contribution in [3.63, 3.8) is 0 Å². The van der Waals surface area contributed by atoms with Crippen molar-refractivity contribution in [2.24, 2.45) is 0 Å². The van der Waals surface area contributed by atoms with E-state index < -0.39 is 0 Å². The number of amides is 1. The summed E-state index contributed by atoms with van der Waals surface area (Å²) in [5.41, 5.74) is 3.07. The zero-order valence-corrected chi connectivity index (χ0v) is 20.0. The van der Waals surface area contributed by atoms with Crippen molar-refractivity contribution in [3.8, 4) is 5.75 Å². The second-order valence-corrected chi connectivity index (χ2v) is 9.90. The van der Waals surface area contributed by atoms with E-state index >= 15 is 0 Å². The molecule has 0 radical (unpaired) electrons. The summed E-state index contributed by atoms with van der Waals surface area (Å²) in [5, 5.41) is 0. The van der Waals surface area contributed by atoms with E-state index in [1.807, 2.05) is 4.90 Å². The van der Waals surface area contributed by atoms with Crippen LogP contribution in [0.15, 0.2) is 48.5 Å². The zero-order valence-electron chi connectivity index (χ0n) is 20.0. The van der Waals surface area contributed by atoms with Crippen molar-refractivity contribution in [3.05, 3.63) is 65.5 Å². The van der Waals surface area contributed by atoms with Crippen LogP contribution in [0.1, 0.15) is 36.8 Å². The quantitative estimate of drug-likeness (QED) is 0.651. The van der Waals surface area contributed by atoms with Gasteiger partial charge in [0.2, 0.25) is 5.91 Å². The molecule has 3 aliphatic rings. The van der Waals surface area contributed by atoms with Crippen LogP contribution in [0.5, 0.6) is 5.75 Å². The summed E-state index contributed by atoms with van der Waals surface area (Å²) in [6.45, 7) is 6.27. The summed E-state index contributed by atoms with van der Waals surface area (Å²) in [6.07, 6.45) is 6.24. The van der Waals surface area contributed by atoms with Crippen molar-refractivity contribution in [1.82, 2.24) is 14.7 Å². The Labute approximate surface area is 202 Å². The first kappa shape index (κ1) is 23.3. The minimum atomic E-state index is -0.272. The number of nitrogens with zero attached hydrogens (tertiary/aromatic N) is 3. The van der Waals surface area contributed by atoms with Gasteiger partial charge in [0.15, 0.2) is 0 Å². The minimum absolute atomic E-state index is 0.227. The number of carbonyl (C=O) groups is 1. The fourth-order valence-electron chi connectivity index (χ4n) is 5.89. The van der Waals surface area contributed by atoms with Crippen molar-refractivity contribution in [1.29, 1.82) is 0 Å². The lowest BCUT2D eigenvalue weighted by Gasteiger charge is -2.43. The highest BCUT2D eigenvalue weighted by atomic mass is 19.1. The standard InChI is InChI=1S/C28H36FN3O2/c29-24-6-10-27(11-7-24)34-20-19-32-14-13-25(9-12-28(32)33)30-15-17-31(18-16-30)26-8-5-22-3-1-2-4-23(22)21-26/h1-4,6-7,10-11,25-26H,5,8-9,12-21H2. The number of rotatable bonds is 6. The maximum absolute atomic E-state index is 13.0. The Kier molecular flexibility index (Phi) is 7.45. The van der Waals surface area contributed by atoms with Gasteiger partial charge in [-0.3, -0.25) is 14.6 Å². The molecule has 2 fully saturated rings. The van der Waals surface area contributed by atoms with E-state index in [1.165, 1.54) is 42.5 Å². The van der Waals surface area contributed by atoms with Crippen LogP contribution in [0.2, 0.25) is 0 Å². The second-order valence-electron chi connectivity index (χ2n) is 9.90. The number of carbonyl (C=O) groups excluding carboxylic acids is 1. The maximum atomic E-state index is 13.0. The Morgan fingerprint density at radius 1 is 0.794 bits per heavy atom. The van der Waals surface area contributed by atoms with E-state index in [2.05, 4.69) is 34.1 Å². The number of aryl methyl sites for hydroxylation is 1. The molecule has 2 atom stereocenters. The molecule has 0 spiro atoms. The summed E-state index contributed by atoms with van der Waals surface area (Å²) >= 11 is 0. The third kappa shape index (κ3) is 5.61. The maximum Gasteiger partial charge on any atom is 0.222 e. The van der Waals surface area contributed by atoms with Gasteiger partial charge in [-0.2, -0.15) is 0 Å². The first-order valence-corrected chi connectivity index (χ1v) is 12.9. The van der Waals surface area contributed by atoms with Crippen LogP contribution in [0.25, 0.3) is 0 Å². The average Bonchev–Trinajstić information content (AvgIpc) is 3.06. The SMILES string of the molecule is O=C1CCC(N2CCN(C3CCc4ccccc4C3)CC2)CCN1CCOc1ccc(F)cc1. The number of hydrogen-bond donors (Lipinski definition) is 0. The molecule has 1 aliphatic carbocycles. The minimum Gasteiger partial charge on any atom is -0.492 e. The topological polar surface area (TPSA) is 36.0 Å². The van der Waals surface area contributed by atoms with E-state index in [1.54, 1.807) is 12.1 Å². The molecule has 2 aromatic rings. The average molecular weight is 466 g/mol. The fraction of sp³-hybridized carbons (Fsp3) is 0.536. The fourth-order valence-corrected chi connectivity index (χ4v) is 5.89. The first-order valence-electron chi connectivity index (χ1n) is 12.9. The van der Waals surface area contributed by atoms with Gasteiger partial charge in [0.05, 0.1) is 6.54 Å². The molecule has 182 valence electrons. The molecule has 5 nitrogen and oxygen atoms in total. The molecule has 1 amide bonds. The summed E-state index contributed by atoms with van der Waals surface area (Å²) in [7, 11) is 0. The lowest BCUT2D eigenvalue weighted by molar-refractivity contribution is -0.131. The predicted octanol–water partition coefficient (Wildman–Crippen LogP) is 3.76. The summed E-state index contributed by atoms with van der Waals surface area (Å²) in [4.78, 5) is 20.0. The highest BCUT2D eigenvalue weighted by Crippen LogP contribution is 2.26. The van der Waals surface area contributed by atoms with E-state index in [0.717, 1.165) is 45.6 Å². The molecule has 2 unspecified atom stereocenters. The Morgan fingerprint density at radius 2 is 1.47 bits per heavy atom. The summed E-state index contributed by atoms with van der Waals surface area (Å²) in [5.74, 6) is 0.594. The Balaban J connectivity index is 1.07. The summed E-state index contributed by atoms with van der Waals surface area (Å²) in [6, 6.07) is 16.1. The highest BCUT2D eigenvalue weighted by Gasteiger charge is 2.31. The van der Waals surface area contributed by atoms with Gasteiger partial charge in [-0.25, -0.2) is 4.39 Å². The van der Waals surface area contributed by atoms with Crippen molar-refractivity contribution < 1.29 is 13.9 Å². The molecule has 6 heteroatoms. The number of piperazine rings is 1. The van der Waals surface area contributed by atoms with E-state index in [9.17, 15) is 9.18 Å². The molecule has 0 aromatic heterocycles. The van der Waals surface area contributed by atoms with Gasteiger partial charge >= 0.3 is 0 Å². The lowest BCUT2D eigenvalue weighted by Crippen LogP contribution is -2.54. The van der Waals surface area contributed by atoms with Gasteiger partial charge in [-0.1, -0.05) is 24.3 Å². The second kappa shape index (κ2) is 10.9. The van der Waals surface area contributed by atoms with Crippen LogP contribution in [-0.4, -0.2) is 78.6 Å². The number of likely N-dealkylation sites (tertiary alicyclic amines) is 1. The van der Waals surface area contributed by atoms with Crippen molar-refractivity contribution in [2.75, 3.05) is 45.9 Å². The van der Waals surface area contributed by atoms with Gasteiger partial charge in [0.1, 0.15) is 18.2 Å². The molecule has 2 saturated heterocycles. The Bertz CT molecular complexity index is 958. The molecule has 0 N–H and O–H groups in total. The Morgan fingerprint density at radius 3 is 2.24 bits per heavy atom. The van der Waals surface area contributed by atoms with Crippen molar-refractivity contribution >= 4 is 5.91 Å². The van der Waals surface area contributed by atoms with E-state index in [4.69, 9.17) is 4.74 Å². The zero-order chi connectivity index (χ0) is 23.3. The van der Waals surface area contributed by atoms with Gasteiger partial charge in [-0.05, 0) is 67.5 Å². The van der Waals surface area contributed by atoms with Crippen LogP contribution < -0.4 is 4.74 Å². The molecule has 2 aliphatic heterocycles. The molecular weight excluding hydrogens is 429 g/mol. The molecule has 5 rings (SSSR count). The van der Waals surface area contributed by atoms with Crippen LogP contribution in [-0.2, 0) is 17.6 Å². The number of hydrogen-bond acceptors (Lipinski definition) is 4. The molecule has 0 bridgehead atoms. The Hall–Kier alpha value is -2.44. The van der Waals surface area contributed by atoms with Crippen LogP contribution in [0.3, 0.4) is 0 Å². The van der Waals surface area contributed by atoms with Gasteiger partial charge in [0, 0.05) is 51.2 Å². The van der Waals surface area contributed by atoms with Crippen LogP contribution in [0, 0.1) is 5.82 Å². The highest BCUT2D eigenvalue weighted by molar-refractivity contribution is 5.76. The van der Waals surface area contributed by atoms with E-state index in [0.29, 0.717) is 37.4 Å². The van der Waals surface area contributed by atoms with Gasteiger partial charge < -0.3 is 9.64 Å². The normalized spacial score (nSPS) is 24.5. The van der Waals surface area contributed by atoms with E-state index in [-0.39, 0.29) is 11.7 Å². The van der Waals surface area contributed by atoms with Crippen LogP contribution in [0.4, 0.5) is 4.39 Å². The van der Waals surface area contributed by atoms with Crippen LogP contribution >= 0.6 is 0 Å². The summed E-state index contributed by atoms with van der Waals surface area (Å²) < 4.78 is 18.8. The smallest absolute Gasteiger partial charge is 0.222 e. The molecule has 2 heterocycles. The molecule has 34 heavy (non-hydrogen) atoms. The lowest BCUT2D eigenvalue weighted by atomic mass is 9.87. The third-order valence-corrected chi connectivity index (χ3v) is 7.92. The molecule has 2 aromatic carbocycles. The molecule has 0 saturated carbocycles. The number of ether oxygens (including phenoxy) is 1. The number of benzene rings is 2. The van der Waals surface area contributed by atoms with Gasteiger partial charge in [-0.15, -0.1) is 0 Å².